The van der Waals surface area contributed by atoms with Crippen LogP contribution in [-0.4, -0.2) is 33.8 Å². The van der Waals surface area contributed by atoms with Crippen LogP contribution in [0.1, 0.15) is 18.9 Å². The van der Waals surface area contributed by atoms with Crippen LogP contribution in [0.15, 0.2) is 53.4 Å². The minimum Gasteiger partial charge on any atom is -0.326 e. The summed E-state index contributed by atoms with van der Waals surface area (Å²) >= 11 is 0. The molecule has 2 N–H and O–H groups in total. The number of amides is 2. The van der Waals surface area contributed by atoms with E-state index in [9.17, 15) is 18.0 Å². The zero-order chi connectivity index (χ0) is 20.3. The maximum absolute atomic E-state index is 12.6. The van der Waals surface area contributed by atoms with Gasteiger partial charge in [-0.3, -0.25) is 9.59 Å². The van der Waals surface area contributed by atoms with Crippen molar-refractivity contribution < 1.29 is 18.0 Å². The second kappa shape index (κ2) is 8.12. The Balaban J connectivity index is 1.70. The lowest BCUT2D eigenvalue weighted by molar-refractivity contribution is -0.122. The Kier molecular flexibility index (Phi) is 5.81. The molecule has 8 heteroatoms. The van der Waals surface area contributed by atoms with Crippen molar-refractivity contribution in [2.45, 2.75) is 24.7 Å². The molecule has 1 heterocycles. The molecule has 0 aliphatic carbocycles. The Morgan fingerprint density at radius 3 is 2.46 bits per heavy atom. The Morgan fingerprint density at radius 2 is 1.82 bits per heavy atom. The number of benzene rings is 2. The molecular weight excluding hydrogens is 378 g/mol. The highest BCUT2D eigenvalue weighted by atomic mass is 32.2. The first-order valence-corrected chi connectivity index (χ1v) is 10.6. The molecule has 2 amide bonds. The van der Waals surface area contributed by atoms with E-state index in [0.717, 1.165) is 17.7 Å². The van der Waals surface area contributed by atoms with E-state index in [-0.39, 0.29) is 23.1 Å². The average Bonchev–Trinajstić information content (AvgIpc) is 3.10. The summed E-state index contributed by atoms with van der Waals surface area (Å²) in [6, 6.07) is 13.6. The Morgan fingerprint density at radius 1 is 1.14 bits per heavy atom. The van der Waals surface area contributed by atoms with Gasteiger partial charge < -0.3 is 10.2 Å². The molecule has 0 unspecified atom stereocenters. The Hall–Kier alpha value is -2.71. The van der Waals surface area contributed by atoms with Crippen LogP contribution >= 0.6 is 0 Å². The fourth-order valence-corrected chi connectivity index (χ4v) is 4.00. The molecule has 7 nitrogen and oxygen atoms in total. The van der Waals surface area contributed by atoms with Crippen molar-refractivity contribution in [3.8, 4) is 0 Å². The molecule has 2 aromatic rings. The molecule has 148 valence electrons. The van der Waals surface area contributed by atoms with Crippen LogP contribution < -0.4 is 14.9 Å². The third-order valence-corrected chi connectivity index (χ3v) is 6.29. The van der Waals surface area contributed by atoms with Crippen molar-refractivity contribution in [2.75, 3.05) is 23.8 Å². The van der Waals surface area contributed by atoms with E-state index in [2.05, 4.69) is 10.0 Å². The minimum absolute atomic E-state index is 0.0727. The van der Waals surface area contributed by atoms with Gasteiger partial charge in [-0.2, -0.15) is 0 Å². The van der Waals surface area contributed by atoms with Crippen LogP contribution in [0.5, 0.6) is 0 Å². The number of carbonyl (C=O) groups is 2. The van der Waals surface area contributed by atoms with Crippen LogP contribution in [0.3, 0.4) is 0 Å². The van der Waals surface area contributed by atoms with E-state index in [1.165, 1.54) is 31.3 Å². The van der Waals surface area contributed by atoms with E-state index in [1.807, 2.05) is 31.2 Å². The lowest BCUT2D eigenvalue weighted by atomic mass is 10.1. The van der Waals surface area contributed by atoms with Crippen molar-refractivity contribution in [1.29, 1.82) is 0 Å². The van der Waals surface area contributed by atoms with E-state index >= 15 is 0 Å². The normalized spacial score (nSPS) is 17.0. The number of aryl methyl sites for hydroxylation is 1. The van der Waals surface area contributed by atoms with Crippen LogP contribution in [0, 0.1) is 5.92 Å². The average molecular weight is 401 g/mol. The van der Waals surface area contributed by atoms with Gasteiger partial charge in [0.1, 0.15) is 0 Å². The van der Waals surface area contributed by atoms with Gasteiger partial charge in [0.25, 0.3) is 0 Å². The standard InChI is InChI=1S/C20H23N3O4S/c1-3-14-6-4-5-7-18(14)23-13-15(12-19(23)24)20(25)22-16-8-10-17(11-9-16)28(26,27)21-2/h4-11,15,21H,3,12-13H2,1-2H3,(H,22,25)/t15-/m1/s1. The largest absolute Gasteiger partial charge is 0.326 e. The molecule has 1 saturated heterocycles. The van der Waals surface area contributed by atoms with Crippen LogP contribution in [0.2, 0.25) is 0 Å². The number of anilines is 2. The monoisotopic (exact) mass is 401 g/mol. The number of nitrogens with one attached hydrogen (secondary N) is 2. The fourth-order valence-electron chi connectivity index (χ4n) is 3.27. The zero-order valence-electron chi connectivity index (χ0n) is 15.8. The Labute approximate surface area is 164 Å². The number of hydrogen-bond acceptors (Lipinski definition) is 4. The second-order valence-electron chi connectivity index (χ2n) is 6.61. The summed E-state index contributed by atoms with van der Waals surface area (Å²) in [6.45, 7) is 2.36. The van der Waals surface area contributed by atoms with Crippen molar-refractivity contribution in [2.24, 2.45) is 5.92 Å². The number of carbonyl (C=O) groups excluding carboxylic acids is 2. The quantitative estimate of drug-likeness (QED) is 0.775. The summed E-state index contributed by atoms with van der Waals surface area (Å²) in [7, 11) is -2.19. The summed E-state index contributed by atoms with van der Waals surface area (Å²) in [6.07, 6.45) is 0.953. The van der Waals surface area contributed by atoms with Gasteiger partial charge in [-0.05, 0) is 49.4 Å². The lowest BCUT2D eigenvalue weighted by Crippen LogP contribution is -2.28. The van der Waals surface area contributed by atoms with Crippen molar-refractivity contribution in [1.82, 2.24) is 4.72 Å². The first kappa shape index (κ1) is 20.0. The van der Waals surface area contributed by atoms with Crippen LogP contribution in [-0.2, 0) is 26.0 Å². The summed E-state index contributed by atoms with van der Waals surface area (Å²) in [4.78, 5) is 26.9. The fraction of sp³-hybridized carbons (Fsp3) is 0.300. The van der Waals surface area contributed by atoms with E-state index in [1.54, 1.807) is 4.90 Å². The topological polar surface area (TPSA) is 95.6 Å². The molecule has 0 spiro atoms. The van der Waals surface area contributed by atoms with E-state index in [0.29, 0.717) is 12.2 Å². The van der Waals surface area contributed by atoms with Gasteiger partial charge in [-0.15, -0.1) is 0 Å². The zero-order valence-corrected chi connectivity index (χ0v) is 16.6. The van der Waals surface area contributed by atoms with Crippen molar-refractivity contribution in [3.05, 3.63) is 54.1 Å². The maximum Gasteiger partial charge on any atom is 0.240 e. The summed E-state index contributed by atoms with van der Waals surface area (Å²) in [5.74, 6) is -0.788. The van der Waals surface area contributed by atoms with E-state index < -0.39 is 15.9 Å². The van der Waals surface area contributed by atoms with Crippen molar-refractivity contribution in [3.63, 3.8) is 0 Å². The SMILES string of the molecule is CCc1ccccc1N1C[C@H](C(=O)Nc2ccc(S(=O)(=O)NC)cc2)CC1=O. The van der Waals surface area contributed by atoms with Gasteiger partial charge in [0.05, 0.1) is 10.8 Å². The number of rotatable bonds is 6. The molecule has 0 saturated carbocycles. The molecule has 0 aromatic heterocycles. The molecular formula is C20H23N3O4S. The molecule has 0 bridgehead atoms. The highest BCUT2D eigenvalue weighted by Crippen LogP contribution is 2.29. The third-order valence-electron chi connectivity index (χ3n) is 4.86. The third kappa shape index (κ3) is 4.07. The van der Waals surface area contributed by atoms with Gasteiger partial charge in [-0.1, -0.05) is 25.1 Å². The number of nitrogens with zero attached hydrogens (tertiary/aromatic N) is 1. The highest BCUT2D eigenvalue weighted by Gasteiger charge is 2.35. The summed E-state index contributed by atoms with van der Waals surface area (Å²) in [5, 5.41) is 2.77. The van der Waals surface area contributed by atoms with Crippen LogP contribution in [0.4, 0.5) is 11.4 Å². The van der Waals surface area contributed by atoms with Gasteiger partial charge in [0.15, 0.2) is 0 Å². The minimum atomic E-state index is -3.52. The molecule has 1 fully saturated rings. The van der Waals surface area contributed by atoms with Crippen molar-refractivity contribution >= 4 is 33.2 Å². The predicted octanol–water partition coefficient (Wildman–Crippen LogP) is 2.15. The molecule has 1 aliphatic rings. The summed E-state index contributed by atoms with van der Waals surface area (Å²) in [5.41, 5.74) is 2.41. The molecule has 0 radical (unpaired) electrons. The molecule has 1 aliphatic heterocycles. The number of para-hydroxylation sites is 1. The molecule has 3 rings (SSSR count). The van der Waals surface area contributed by atoms with Gasteiger partial charge in [0, 0.05) is 24.3 Å². The summed E-state index contributed by atoms with van der Waals surface area (Å²) < 4.78 is 25.8. The van der Waals surface area contributed by atoms with Gasteiger partial charge >= 0.3 is 0 Å². The highest BCUT2D eigenvalue weighted by molar-refractivity contribution is 7.89. The molecule has 2 aromatic carbocycles. The second-order valence-corrected chi connectivity index (χ2v) is 8.50. The van der Waals surface area contributed by atoms with Crippen LogP contribution in [0.25, 0.3) is 0 Å². The molecule has 1 atom stereocenters. The molecule has 28 heavy (non-hydrogen) atoms. The van der Waals surface area contributed by atoms with Gasteiger partial charge in [-0.25, -0.2) is 13.1 Å². The lowest BCUT2D eigenvalue weighted by Gasteiger charge is -2.20. The maximum atomic E-state index is 12.6. The van der Waals surface area contributed by atoms with Gasteiger partial charge in [0.2, 0.25) is 21.8 Å². The number of sulfonamides is 1. The Bertz CT molecular complexity index is 987. The first-order valence-electron chi connectivity index (χ1n) is 9.08. The number of hydrogen-bond donors (Lipinski definition) is 2. The smallest absolute Gasteiger partial charge is 0.240 e. The first-order chi connectivity index (χ1) is 13.4. The van der Waals surface area contributed by atoms with E-state index in [4.69, 9.17) is 0 Å². The predicted molar refractivity (Wildman–Crippen MR) is 108 cm³/mol.